The summed E-state index contributed by atoms with van der Waals surface area (Å²) in [6, 6.07) is 6.11. The molecule has 0 bridgehead atoms. The van der Waals surface area contributed by atoms with Gasteiger partial charge in [0, 0.05) is 5.69 Å². The molecule has 0 saturated heterocycles. The van der Waals surface area contributed by atoms with E-state index in [0.29, 0.717) is 11.5 Å². The summed E-state index contributed by atoms with van der Waals surface area (Å²) >= 11 is 1.43. The zero-order valence-corrected chi connectivity index (χ0v) is 12.8. The molecule has 0 saturated carbocycles. The van der Waals surface area contributed by atoms with Gasteiger partial charge in [0.25, 0.3) is 9.84 Å². The molecule has 2 heterocycles. The highest BCUT2D eigenvalue weighted by Gasteiger charge is 2.46. The van der Waals surface area contributed by atoms with Crippen molar-refractivity contribution in [3.8, 4) is 0 Å². The van der Waals surface area contributed by atoms with Crippen molar-refractivity contribution >= 4 is 42.9 Å². The second-order valence-electron chi connectivity index (χ2n) is 4.46. The second kappa shape index (κ2) is 5.46. The Morgan fingerprint density at radius 1 is 1.04 bits per heavy atom. The molecular formula is C13H8F3N3O2S2. The Hall–Kier alpha value is -2.20. The highest BCUT2D eigenvalue weighted by molar-refractivity contribution is 7.92. The van der Waals surface area contributed by atoms with E-state index in [2.05, 4.69) is 15.3 Å². The SMILES string of the molecule is O=S(=O)(c1ccc(Nc2ncnc3sccc23)cc1)C(F)(F)F. The predicted molar refractivity (Wildman–Crippen MR) is 80.4 cm³/mol. The maximum Gasteiger partial charge on any atom is 0.501 e. The fourth-order valence-corrected chi connectivity index (χ4v) is 3.37. The van der Waals surface area contributed by atoms with Crippen molar-refractivity contribution in [1.82, 2.24) is 9.97 Å². The van der Waals surface area contributed by atoms with Gasteiger partial charge < -0.3 is 5.32 Å². The molecule has 0 aliphatic heterocycles. The van der Waals surface area contributed by atoms with Gasteiger partial charge in [-0.25, -0.2) is 18.4 Å². The van der Waals surface area contributed by atoms with Crippen LogP contribution >= 0.6 is 11.3 Å². The summed E-state index contributed by atoms with van der Waals surface area (Å²) in [6.45, 7) is 0. The smallest absolute Gasteiger partial charge is 0.340 e. The summed E-state index contributed by atoms with van der Waals surface area (Å²) in [7, 11) is -5.34. The van der Waals surface area contributed by atoms with Crippen molar-refractivity contribution in [1.29, 1.82) is 0 Å². The number of anilines is 2. The zero-order chi connectivity index (χ0) is 16.7. The number of nitrogens with one attached hydrogen (secondary N) is 1. The first-order valence-electron chi connectivity index (χ1n) is 6.16. The highest BCUT2D eigenvalue weighted by Crippen LogP contribution is 2.31. The van der Waals surface area contributed by atoms with E-state index in [1.807, 2.05) is 11.4 Å². The Labute approximate surface area is 132 Å². The number of sulfone groups is 1. The van der Waals surface area contributed by atoms with Crippen molar-refractivity contribution in [2.75, 3.05) is 5.32 Å². The molecule has 0 spiro atoms. The van der Waals surface area contributed by atoms with Crippen molar-refractivity contribution in [3.05, 3.63) is 42.0 Å². The standard InChI is InChI=1S/C13H8F3N3O2S2/c14-13(15,16)23(20,21)9-3-1-8(2-4-9)19-11-10-5-6-22-12(10)18-7-17-11/h1-7H,(H,17,18,19). The number of hydrogen-bond acceptors (Lipinski definition) is 6. The third-order valence-corrected chi connectivity index (χ3v) is 5.32. The predicted octanol–water partition coefficient (Wildman–Crippen LogP) is 3.73. The molecule has 1 N–H and O–H groups in total. The monoisotopic (exact) mass is 359 g/mol. The van der Waals surface area contributed by atoms with Gasteiger partial charge in [-0.2, -0.15) is 13.2 Å². The Bertz CT molecular complexity index is 951. The lowest BCUT2D eigenvalue weighted by molar-refractivity contribution is -0.0436. The van der Waals surface area contributed by atoms with Crippen LogP contribution in [0.5, 0.6) is 0 Å². The number of alkyl halides is 3. The average molecular weight is 359 g/mol. The minimum absolute atomic E-state index is 0.414. The van der Waals surface area contributed by atoms with E-state index < -0.39 is 20.2 Å². The molecule has 10 heteroatoms. The molecule has 0 aliphatic carbocycles. The van der Waals surface area contributed by atoms with Crippen LogP contribution in [-0.4, -0.2) is 23.9 Å². The lowest BCUT2D eigenvalue weighted by atomic mass is 10.3. The minimum atomic E-state index is -5.34. The molecule has 0 amide bonds. The number of aromatic nitrogens is 2. The summed E-state index contributed by atoms with van der Waals surface area (Å²) < 4.78 is 60.1. The lowest BCUT2D eigenvalue weighted by Gasteiger charge is -2.10. The summed E-state index contributed by atoms with van der Waals surface area (Å²) in [4.78, 5) is 8.11. The van der Waals surface area contributed by atoms with Crippen LogP contribution in [0.1, 0.15) is 0 Å². The second-order valence-corrected chi connectivity index (χ2v) is 7.30. The van der Waals surface area contributed by atoms with Gasteiger partial charge in [-0.1, -0.05) is 0 Å². The molecule has 0 aliphatic rings. The summed E-state index contributed by atoms with van der Waals surface area (Å²) in [5, 5.41) is 5.53. The van der Waals surface area contributed by atoms with E-state index in [0.717, 1.165) is 22.3 Å². The van der Waals surface area contributed by atoms with Crippen LogP contribution in [0, 0.1) is 0 Å². The first kappa shape index (κ1) is 15.7. The molecule has 0 unspecified atom stereocenters. The molecule has 3 rings (SSSR count). The number of halogens is 3. The van der Waals surface area contributed by atoms with Crippen LogP contribution < -0.4 is 5.32 Å². The van der Waals surface area contributed by atoms with E-state index in [1.165, 1.54) is 29.8 Å². The maximum atomic E-state index is 12.5. The number of nitrogens with zero attached hydrogens (tertiary/aromatic N) is 2. The number of rotatable bonds is 3. The maximum absolute atomic E-state index is 12.5. The summed E-state index contributed by atoms with van der Waals surface area (Å²) in [5.74, 6) is 0.489. The minimum Gasteiger partial charge on any atom is -0.340 e. The molecule has 5 nitrogen and oxygen atoms in total. The van der Waals surface area contributed by atoms with Gasteiger partial charge in [-0.05, 0) is 35.7 Å². The van der Waals surface area contributed by atoms with Crippen molar-refractivity contribution in [2.24, 2.45) is 0 Å². The third kappa shape index (κ3) is 2.86. The van der Waals surface area contributed by atoms with E-state index >= 15 is 0 Å². The van der Waals surface area contributed by atoms with Crippen LogP contribution in [0.15, 0.2) is 46.9 Å². The topological polar surface area (TPSA) is 72.0 Å². The molecule has 0 radical (unpaired) electrons. The van der Waals surface area contributed by atoms with Gasteiger partial charge in [0.05, 0.1) is 10.3 Å². The third-order valence-electron chi connectivity index (χ3n) is 2.99. The van der Waals surface area contributed by atoms with E-state index in [1.54, 1.807) is 0 Å². The molecule has 1 aromatic carbocycles. The van der Waals surface area contributed by atoms with Crippen LogP contribution in [0.2, 0.25) is 0 Å². The van der Waals surface area contributed by atoms with Crippen molar-refractivity contribution in [3.63, 3.8) is 0 Å². The lowest BCUT2D eigenvalue weighted by Crippen LogP contribution is -2.23. The fourth-order valence-electron chi connectivity index (χ4n) is 1.88. The van der Waals surface area contributed by atoms with Gasteiger partial charge in [0.2, 0.25) is 0 Å². The van der Waals surface area contributed by atoms with Gasteiger partial charge >= 0.3 is 5.51 Å². The van der Waals surface area contributed by atoms with Gasteiger partial charge in [0.1, 0.15) is 17.0 Å². The normalized spacial score (nSPS) is 12.5. The van der Waals surface area contributed by atoms with Crippen LogP contribution in [0.4, 0.5) is 24.7 Å². The average Bonchev–Trinajstić information content (AvgIpc) is 2.96. The number of hydrogen-bond donors (Lipinski definition) is 1. The molecule has 0 fully saturated rings. The fraction of sp³-hybridized carbons (Fsp3) is 0.0769. The van der Waals surface area contributed by atoms with Crippen molar-refractivity contribution in [2.45, 2.75) is 10.4 Å². The number of fused-ring (bicyclic) bond motifs is 1. The van der Waals surface area contributed by atoms with Crippen LogP contribution in [0.3, 0.4) is 0 Å². The Morgan fingerprint density at radius 3 is 2.39 bits per heavy atom. The first-order valence-corrected chi connectivity index (χ1v) is 8.52. The van der Waals surface area contributed by atoms with Crippen LogP contribution in [-0.2, 0) is 9.84 Å². The molecule has 0 atom stereocenters. The molecular weight excluding hydrogens is 351 g/mol. The largest absolute Gasteiger partial charge is 0.501 e. The molecule has 23 heavy (non-hydrogen) atoms. The first-order chi connectivity index (χ1) is 10.8. The highest BCUT2D eigenvalue weighted by atomic mass is 32.2. The molecule has 120 valence electrons. The van der Waals surface area contributed by atoms with Gasteiger partial charge in [-0.15, -0.1) is 11.3 Å². The zero-order valence-electron chi connectivity index (χ0n) is 11.2. The van der Waals surface area contributed by atoms with Gasteiger partial charge in [-0.3, -0.25) is 0 Å². The summed E-state index contributed by atoms with van der Waals surface area (Å²) in [5.41, 5.74) is -4.91. The van der Waals surface area contributed by atoms with Crippen molar-refractivity contribution < 1.29 is 21.6 Å². The van der Waals surface area contributed by atoms with E-state index in [9.17, 15) is 21.6 Å². The Kier molecular flexibility index (Phi) is 3.72. The molecule has 2 aromatic heterocycles. The van der Waals surface area contributed by atoms with Crippen LogP contribution in [0.25, 0.3) is 10.2 Å². The number of thiophene rings is 1. The Morgan fingerprint density at radius 2 is 1.74 bits per heavy atom. The van der Waals surface area contributed by atoms with E-state index in [4.69, 9.17) is 0 Å². The number of benzene rings is 1. The molecule has 3 aromatic rings. The van der Waals surface area contributed by atoms with E-state index in [-0.39, 0.29) is 0 Å². The quantitative estimate of drug-likeness (QED) is 0.771. The Balaban J connectivity index is 1.91. The van der Waals surface area contributed by atoms with Gasteiger partial charge in [0.15, 0.2) is 0 Å². The summed E-state index contributed by atoms with van der Waals surface area (Å²) in [6.07, 6.45) is 1.36.